The molecule has 204 valence electrons. The van der Waals surface area contributed by atoms with Gasteiger partial charge in [-0.15, -0.1) is 0 Å². The van der Waals surface area contributed by atoms with Crippen LogP contribution in [0.25, 0.3) is 16.6 Å². The maximum Gasteiger partial charge on any atom is 0.266 e. The average molecular weight is 528 g/mol. The molecular formula is C32H37N3O4. The highest BCUT2D eigenvalue weighted by Crippen LogP contribution is 2.30. The minimum Gasteiger partial charge on any atom is -0.495 e. The molecule has 0 aliphatic carbocycles. The lowest BCUT2D eigenvalue weighted by molar-refractivity contribution is -0.139. The van der Waals surface area contributed by atoms with Crippen molar-refractivity contribution in [2.45, 2.75) is 52.2 Å². The van der Waals surface area contributed by atoms with E-state index in [0.29, 0.717) is 47.7 Å². The van der Waals surface area contributed by atoms with E-state index >= 15 is 0 Å². The van der Waals surface area contributed by atoms with Gasteiger partial charge in [-0.3, -0.25) is 14.2 Å². The van der Waals surface area contributed by atoms with Crippen molar-refractivity contribution >= 4 is 16.8 Å². The summed E-state index contributed by atoms with van der Waals surface area (Å²) < 4.78 is 13.1. The molecule has 4 rings (SSSR count). The summed E-state index contributed by atoms with van der Waals surface area (Å²) in [5, 5.41) is 0.511. The molecule has 4 aromatic rings. The van der Waals surface area contributed by atoms with Crippen LogP contribution in [0.5, 0.6) is 5.75 Å². The lowest BCUT2D eigenvalue weighted by Gasteiger charge is -2.32. The molecule has 0 saturated carbocycles. The quantitative estimate of drug-likeness (QED) is 0.197. The number of carbonyl (C=O) groups is 1. The van der Waals surface area contributed by atoms with Gasteiger partial charge in [-0.1, -0.05) is 81.3 Å². The van der Waals surface area contributed by atoms with Crippen LogP contribution in [0.3, 0.4) is 0 Å². The molecule has 1 amide bonds. The lowest BCUT2D eigenvalue weighted by Crippen LogP contribution is -2.41. The van der Waals surface area contributed by atoms with Crippen molar-refractivity contribution in [2.75, 3.05) is 20.3 Å². The number of benzene rings is 3. The average Bonchev–Trinajstić information content (AvgIpc) is 2.97. The first-order chi connectivity index (χ1) is 19.1. The molecular weight excluding hydrogens is 490 g/mol. The molecule has 0 aliphatic heterocycles. The number of fused-ring (bicyclic) bond motifs is 1. The molecule has 7 nitrogen and oxygen atoms in total. The predicted octanol–water partition coefficient (Wildman–Crippen LogP) is 6.08. The molecule has 0 aliphatic rings. The van der Waals surface area contributed by atoms with E-state index in [2.05, 4.69) is 6.92 Å². The monoisotopic (exact) mass is 527 g/mol. The molecule has 1 aromatic heterocycles. The highest BCUT2D eigenvalue weighted by molar-refractivity contribution is 5.79. The third-order valence-electron chi connectivity index (χ3n) is 6.85. The molecule has 0 fully saturated rings. The zero-order valence-corrected chi connectivity index (χ0v) is 23.0. The van der Waals surface area contributed by atoms with Crippen LogP contribution in [-0.2, 0) is 16.1 Å². The molecule has 1 atom stereocenters. The number of ether oxygens (including phenoxy) is 2. The van der Waals surface area contributed by atoms with Crippen LogP contribution < -0.4 is 10.3 Å². The fraction of sp³-hybridized carbons (Fsp3) is 0.344. The van der Waals surface area contributed by atoms with Crippen molar-refractivity contribution in [3.05, 3.63) is 101 Å². The summed E-state index contributed by atoms with van der Waals surface area (Å²) in [7, 11) is 1.58. The van der Waals surface area contributed by atoms with E-state index in [-0.39, 0.29) is 18.1 Å². The van der Waals surface area contributed by atoms with Gasteiger partial charge in [-0.25, -0.2) is 4.98 Å². The molecule has 0 radical (unpaired) electrons. The Bertz CT molecular complexity index is 1430. The number of amides is 1. The number of hydrogen-bond donors (Lipinski definition) is 0. The highest BCUT2D eigenvalue weighted by Gasteiger charge is 2.29. The Morgan fingerprint density at radius 2 is 1.67 bits per heavy atom. The minimum absolute atomic E-state index is 0.0516. The number of methoxy groups -OCH3 is 1. The summed E-state index contributed by atoms with van der Waals surface area (Å²) in [6, 6.07) is 24.1. The number of aromatic nitrogens is 2. The van der Waals surface area contributed by atoms with Crippen molar-refractivity contribution in [3.8, 4) is 11.4 Å². The van der Waals surface area contributed by atoms with Crippen LogP contribution in [-0.4, -0.2) is 40.6 Å². The first-order valence-electron chi connectivity index (χ1n) is 13.6. The van der Waals surface area contributed by atoms with Gasteiger partial charge in [0, 0.05) is 6.54 Å². The molecule has 0 spiro atoms. The van der Waals surface area contributed by atoms with E-state index in [1.54, 1.807) is 17.7 Å². The van der Waals surface area contributed by atoms with Gasteiger partial charge in [0.2, 0.25) is 5.91 Å². The van der Waals surface area contributed by atoms with Crippen LogP contribution in [0.4, 0.5) is 0 Å². The largest absolute Gasteiger partial charge is 0.495 e. The number of carbonyl (C=O) groups excluding carboxylic acids is 1. The van der Waals surface area contributed by atoms with Crippen LogP contribution in [0.2, 0.25) is 0 Å². The number of unbranched alkanes of at least 4 members (excludes halogenated alkanes) is 2. The Kier molecular flexibility index (Phi) is 9.86. The highest BCUT2D eigenvalue weighted by atomic mass is 16.5. The zero-order valence-electron chi connectivity index (χ0n) is 23.0. The first-order valence-corrected chi connectivity index (χ1v) is 13.6. The van der Waals surface area contributed by atoms with Crippen LogP contribution in [0.15, 0.2) is 83.7 Å². The Morgan fingerprint density at radius 1 is 0.949 bits per heavy atom. The van der Waals surface area contributed by atoms with Crippen LogP contribution in [0.1, 0.15) is 57.0 Å². The summed E-state index contributed by atoms with van der Waals surface area (Å²) >= 11 is 0. The number of hydrogen-bond acceptors (Lipinski definition) is 5. The molecule has 0 N–H and O–H groups in total. The van der Waals surface area contributed by atoms with Crippen molar-refractivity contribution in [1.29, 1.82) is 0 Å². The van der Waals surface area contributed by atoms with Gasteiger partial charge in [-0.05, 0) is 42.7 Å². The number of rotatable bonds is 13. The van der Waals surface area contributed by atoms with E-state index in [1.807, 2.05) is 84.6 Å². The summed E-state index contributed by atoms with van der Waals surface area (Å²) in [5.41, 5.74) is 2.01. The van der Waals surface area contributed by atoms with Crippen molar-refractivity contribution < 1.29 is 14.3 Å². The zero-order chi connectivity index (χ0) is 27.6. The standard InChI is InChI=1S/C32H37N3O4/c1-4-6-14-21-34(30(36)23-39-22-24-15-8-7-9-16-24)27(5-2)31-33-26-18-11-10-17-25(26)32(37)35(31)28-19-12-13-20-29(28)38-3/h7-13,15-20,27H,4-6,14,21-23H2,1-3H3. The normalized spacial score (nSPS) is 11.9. The van der Waals surface area contributed by atoms with Gasteiger partial charge in [0.15, 0.2) is 0 Å². The van der Waals surface area contributed by atoms with Gasteiger partial charge in [0.1, 0.15) is 18.2 Å². The van der Waals surface area contributed by atoms with Crippen LogP contribution in [0, 0.1) is 0 Å². The summed E-state index contributed by atoms with van der Waals surface area (Å²) in [4.78, 5) is 34.5. The third-order valence-corrected chi connectivity index (χ3v) is 6.85. The second-order valence-corrected chi connectivity index (χ2v) is 9.50. The second kappa shape index (κ2) is 13.7. The van der Waals surface area contributed by atoms with Gasteiger partial charge >= 0.3 is 0 Å². The summed E-state index contributed by atoms with van der Waals surface area (Å²) in [5.74, 6) is 0.948. The second-order valence-electron chi connectivity index (χ2n) is 9.50. The van der Waals surface area contributed by atoms with E-state index in [1.165, 1.54) is 0 Å². The van der Waals surface area contributed by atoms with E-state index < -0.39 is 6.04 Å². The Labute approximate surface area is 230 Å². The van der Waals surface area contributed by atoms with Gasteiger partial charge in [0.05, 0.1) is 36.3 Å². The maximum atomic E-state index is 14.0. The molecule has 3 aromatic carbocycles. The number of para-hydroxylation sites is 3. The topological polar surface area (TPSA) is 73.7 Å². The smallest absolute Gasteiger partial charge is 0.266 e. The van der Waals surface area contributed by atoms with E-state index in [9.17, 15) is 9.59 Å². The lowest BCUT2D eigenvalue weighted by atomic mass is 10.1. The van der Waals surface area contributed by atoms with E-state index in [0.717, 1.165) is 24.8 Å². The van der Waals surface area contributed by atoms with Gasteiger partial charge in [-0.2, -0.15) is 0 Å². The molecule has 0 bridgehead atoms. The fourth-order valence-corrected chi connectivity index (χ4v) is 4.86. The fourth-order valence-electron chi connectivity index (χ4n) is 4.86. The van der Waals surface area contributed by atoms with Crippen LogP contribution >= 0.6 is 0 Å². The Morgan fingerprint density at radius 3 is 2.41 bits per heavy atom. The minimum atomic E-state index is -0.433. The van der Waals surface area contributed by atoms with Crippen molar-refractivity contribution in [3.63, 3.8) is 0 Å². The summed E-state index contributed by atoms with van der Waals surface area (Å²) in [6.07, 6.45) is 3.46. The molecule has 39 heavy (non-hydrogen) atoms. The first kappa shape index (κ1) is 28.0. The van der Waals surface area contributed by atoms with Crippen molar-refractivity contribution in [2.24, 2.45) is 0 Å². The Balaban J connectivity index is 1.77. The predicted molar refractivity (Wildman–Crippen MR) is 154 cm³/mol. The van der Waals surface area contributed by atoms with Gasteiger partial charge < -0.3 is 14.4 Å². The SMILES string of the molecule is CCCCCN(C(=O)COCc1ccccc1)C(CC)c1nc2ccccc2c(=O)n1-c1ccccc1OC. The number of nitrogens with zero attached hydrogens (tertiary/aromatic N) is 3. The Hall–Kier alpha value is -3.97. The van der Waals surface area contributed by atoms with Crippen molar-refractivity contribution in [1.82, 2.24) is 14.5 Å². The summed E-state index contributed by atoms with van der Waals surface area (Å²) in [6.45, 7) is 5.00. The van der Waals surface area contributed by atoms with E-state index in [4.69, 9.17) is 14.5 Å². The molecule has 1 unspecified atom stereocenters. The molecule has 0 saturated heterocycles. The van der Waals surface area contributed by atoms with Gasteiger partial charge in [0.25, 0.3) is 5.56 Å². The molecule has 7 heteroatoms. The third kappa shape index (κ3) is 6.55. The molecule has 1 heterocycles. The maximum absolute atomic E-state index is 14.0.